The maximum absolute atomic E-state index is 11.4. The van der Waals surface area contributed by atoms with Gasteiger partial charge in [0.2, 0.25) is 0 Å². The van der Waals surface area contributed by atoms with Crippen LogP contribution >= 0.6 is 11.8 Å². The third kappa shape index (κ3) is 1.41. The highest BCUT2D eigenvalue weighted by molar-refractivity contribution is 7.99. The second-order valence-electron chi connectivity index (χ2n) is 4.20. The molecule has 0 saturated carbocycles. The quantitative estimate of drug-likeness (QED) is 0.706. The van der Waals surface area contributed by atoms with E-state index in [1.807, 2.05) is 0 Å². The maximum Gasteiger partial charge on any atom is 0.417 e. The number of rotatable bonds is 1. The molecule has 3 rings (SSSR count). The van der Waals surface area contributed by atoms with E-state index in [1.54, 1.807) is 12.1 Å². The van der Waals surface area contributed by atoms with Crippen LogP contribution in [0.1, 0.15) is 12.0 Å². The van der Waals surface area contributed by atoms with Gasteiger partial charge in [-0.1, -0.05) is 0 Å². The van der Waals surface area contributed by atoms with Crippen LogP contribution in [0, 0.1) is 0 Å². The van der Waals surface area contributed by atoms with Gasteiger partial charge in [-0.2, -0.15) is 0 Å². The van der Waals surface area contributed by atoms with E-state index in [4.69, 9.17) is 10.2 Å². The number of carboxylic acid groups (broad SMARTS) is 1. The number of aromatic nitrogens is 1. The van der Waals surface area contributed by atoms with Crippen LogP contribution in [-0.4, -0.2) is 21.8 Å². The fraction of sp³-hybridized carbons (Fsp3) is 0.273. The van der Waals surface area contributed by atoms with E-state index in [1.165, 1.54) is 11.8 Å². The zero-order valence-corrected chi connectivity index (χ0v) is 10.0. The van der Waals surface area contributed by atoms with Crippen molar-refractivity contribution in [3.05, 3.63) is 28.2 Å². The lowest BCUT2D eigenvalue weighted by Crippen LogP contribution is -2.47. The summed E-state index contributed by atoms with van der Waals surface area (Å²) in [4.78, 5) is 25.9. The molecular formula is C11H10N2O4S. The summed E-state index contributed by atoms with van der Waals surface area (Å²) in [5.41, 5.74) is 5.60. The molecule has 0 amide bonds. The second-order valence-corrected chi connectivity index (χ2v) is 5.34. The third-order valence-corrected chi connectivity index (χ3v) is 4.19. The van der Waals surface area contributed by atoms with Crippen molar-refractivity contribution in [2.75, 3.05) is 5.75 Å². The number of thioether (sulfide) groups is 1. The van der Waals surface area contributed by atoms with Gasteiger partial charge in [0.05, 0.1) is 5.52 Å². The number of aliphatic carboxylic acids is 1. The Labute approximate surface area is 105 Å². The fourth-order valence-electron chi connectivity index (χ4n) is 2.20. The Balaban J connectivity index is 2.41. The van der Waals surface area contributed by atoms with Crippen molar-refractivity contribution in [2.24, 2.45) is 5.73 Å². The molecule has 2 heterocycles. The van der Waals surface area contributed by atoms with Gasteiger partial charge in [-0.25, -0.2) is 9.59 Å². The van der Waals surface area contributed by atoms with Gasteiger partial charge in [-0.05, 0) is 18.6 Å². The molecular weight excluding hydrogens is 256 g/mol. The Morgan fingerprint density at radius 3 is 3.06 bits per heavy atom. The van der Waals surface area contributed by atoms with Gasteiger partial charge >= 0.3 is 11.7 Å². The van der Waals surface area contributed by atoms with Crippen LogP contribution in [0.4, 0.5) is 0 Å². The van der Waals surface area contributed by atoms with Gasteiger partial charge < -0.3 is 15.3 Å². The van der Waals surface area contributed by atoms with Crippen molar-refractivity contribution < 1.29 is 14.3 Å². The van der Waals surface area contributed by atoms with Crippen molar-refractivity contribution >= 4 is 28.8 Å². The lowest BCUT2D eigenvalue weighted by molar-refractivity contribution is -0.144. The largest absolute Gasteiger partial charge is 0.480 e. The number of aromatic amines is 1. The molecule has 94 valence electrons. The Morgan fingerprint density at radius 1 is 1.56 bits per heavy atom. The van der Waals surface area contributed by atoms with Crippen LogP contribution in [0.25, 0.3) is 11.1 Å². The van der Waals surface area contributed by atoms with Crippen LogP contribution in [0.3, 0.4) is 0 Å². The van der Waals surface area contributed by atoms with Crippen LogP contribution in [0.2, 0.25) is 0 Å². The molecule has 1 aliphatic heterocycles. The van der Waals surface area contributed by atoms with Gasteiger partial charge in [-0.3, -0.25) is 4.98 Å². The van der Waals surface area contributed by atoms with E-state index in [2.05, 4.69) is 4.98 Å². The molecule has 1 unspecified atom stereocenters. The first-order valence-corrected chi connectivity index (χ1v) is 6.32. The number of H-pyrrole nitrogens is 1. The molecule has 6 nitrogen and oxygen atoms in total. The molecule has 4 N–H and O–H groups in total. The summed E-state index contributed by atoms with van der Waals surface area (Å²) in [5, 5.41) is 9.35. The highest BCUT2D eigenvalue weighted by Crippen LogP contribution is 2.42. The molecule has 1 aromatic heterocycles. The molecule has 0 bridgehead atoms. The van der Waals surface area contributed by atoms with Crippen molar-refractivity contribution in [2.45, 2.75) is 16.9 Å². The molecule has 7 heteroatoms. The Hall–Kier alpha value is -1.73. The molecule has 0 spiro atoms. The number of benzene rings is 1. The van der Waals surface area contributed by atoms with E-state index >= 15 is 0 Å². The predicted octanol–water partition coefficient (Wildman–Crippen LogP) is 0.855. The summed E-state index contributed by atoms with van der Waals surface area (Å²) >= 11 is 1.51. The van der Waals surface area contributed by atoms with E-state index in [-0.39, 0.29) is 5.58 Å². The molecule has 2 aromatic rings. The standard InChI is InChI=1S/C11H10N2O4S/c12-11(9(14)15)3-4-18-6-2-1-5-8(7(6)11)17-10(16)13-5/h1-2H,3-4,12H2,(H,13,16)(H,14,15). The zero-order valence-electron chi connectivity index (χ0n) is 9.23. The number of oxazole rings is 1. The SMILES string of the molecule is NC1(C(=O)O)CCSc2ccc3[nH]c(=O)oc3c21. The van der Waals surface area contributed by atoms with Crippen LogP contribution in [-0.2, 0) is 10.3 Å². The van der Waals surface area contributed by atoms with Gasteiger partial charge in [0.25, 0.3) is 0 Å². The molecule has 0 aliphatic carbocycles. The molecule has 0 radical (unpaired) electrons. The monoisotopic (exact) mass is 266 g/mol. The number of nitrogens with two attached hydrogens (primary N) is 1. The fourth-order valence-corrected chi connectivity index (χ4v) is 3.43. The maximum atomic E-state index is 11.4. The highest BCUT2D eigenvalue weighted by Gasteiger charge is 2.43. The van der Waals surface area contributed by atoms with E-state index in [9.17, 15) is 14.7 Å². The Bertz CT molecular complexity index is 705. The van der Waals surface area contributed by atoms with E-state index in [0.717, 1.165) is 4.90 Å². The summed E-state index contributed by atoms with van der Waals surface area (Å²) in [5.74, 6) is -1.10. The van der Waals surface area contributed by atoms with Gasteiger partial charge in [0.1, 0.15) is 5.54 Å². The van der Waals surface area contributed by atoms with Crippen LogP contribution in [0.5, 0.6) is 0 Å². The zero-order chi connectivity index (χ0) is 12.9. The topological polar surface area (TPSA) is 109 Å². The molecule has 18 heavy (non-hydrogen) atoms. The second kappa shape index (κ2) is 3.63. The summed E-state index contributed by atoms with van der Waals surface area (Å²) < 4.78 is 5.04. The minimum absolute atomic E-state index is 0.245. The lowest BCUT2D eigenvalue weighted by Gasteiger charge is -2.30. The minimum atomic E-state index is -1.50. The lowest BCUT2D eigenvalue weighted by atomic mass is 9.87. The minimum Gasteiger partial charge on any atom is -0.480 e. The van der Waals surface area contributed by atoms with E-state index < -0.39 is 17.3 Å². The summed E-state index contributed by atoms with van der Waals surface area (Å²) in [7, 11) is 0. The Kier molecular flexibility index (Phi) is 2.29. The van der Waals surface area contributed by atoms with Gasteiger partial charge in [-0.15, -0.1) is 11.8 Å². The smallest absolute Gasteiger partial charge is 0.417 e. The summed E-state index contributed by atoms with van der Waals surface area (Å²) in [6, 6.07) is 3.46. The number of carboxylic acids is 1. The predicted molar refractivity (Wildman–Crippen MR) is 65.7 cm³/mol. The van der Waals surface area contributed by atoms with Crippen LogP contribution in [0.15, 0.2) is 26.2 Å². The summed E-state index contributed by atoms with van der Waals surface area (Å²) in [6.45, 7) is 0. The number of nitrogens with one attached hydrogen (secondary N) is 1. The number of hydrogen-bond acceptors (Lipinski definition) is 5. The van der Waals surface area contributed by atoms with Crippen molar-refractivity contribution in [1.82, 2.24) is 4.98 Å². The molecule has 1 aliphatic rings. The molecule has 0 saturated heterocycles. The molecule has 0 fully saturated rings. The number of fused-ring (bicyclic) bond motifs is 3. The molecule has 1 atom stereocenters. The average Bonchev–Trinajstić information content (AvgIpc) is 2.69. The first kappa shape index (κ1) is 11.4. The first-order chi connectivity index (χ1) is 8.52. The van der Waals surface area contributed by atoms with E-state index in [0.29, 0.717) is 23.3 Å². The van der Waals surface area contributed by atoms with Gasteiger partial charge in [0.15, 0.2) is 5.58 Å². The number of hydrogen-bond donors (Lipinski definition) is 3. The number of carbonyl (C=O) groups is 1. The first-order valence-electron chi connectivity index (χ1n) is 5.34. The van der Waals surface area contributed by atoms with Gasteiger partial charge in [0, 0.05) is 16.2 Å². The van der Waals surface area contributed by atoms with Crippen molar-refractivity contribution in [3.63, 3.8) is 0 Å². The summed E-state index contributed by atoms with van der Waals surface area (Å²) in [6.07, 6.45) is 0.300. The normalized spacial score (nSPS) is 22.9. The van der Waals surface area contributed by atoms with Crippen LogP contribution < -0.4 is 11.5 Å². The highest BCUT2D eigenvalue weighted by atomic mass is 32.2. The third-order valence-electron chi connectivity index (χ3n) is 3.13. The van der Waals surface area contributed by atoms with Crippen molar-refractivity contribution in [1.29, 1.82) is 0 Å². The van der Waals surface area contributed by atoms with Crippen molar-refractivity contribution in [3.8, 4) is 0 Å². The average molecular weight is 266 g/mol. The Morgan fingerprint density at radius 2 is 2.33 bits per heavy atom. The molecule has 1 aromatic carbocycles.